The van der Waals surface area contributed by atoms with Gasteiger partial charge in [-0.25, -0.2) is 4.79 Å². The van der Waals surface area contributed by atoms with Crippen LogP contribution in [0.2, 0.25) is 0 Å². The highest BCUT2D eigenvalue weighted by Gasteiger charge is 2.10. The molecule has 0 bridgehead atoms. The molecule has 1 aromatic carbocycles. The number of aromatic nitrogens is 2. The molecule has 0 aliphatic carbocycles. The predicted molar refractivity (Wildman–Crippen MR) is 63.0 cm³/mol. The summed E-state index contributed by atoms with van der Waals surface area (Å²) >= 11 is 0. The summed E-state index contributed by atoms with van der Waals surface area (Å²) < 4.78 is 0. The number of benzene rings is 1. The van der Waals surface area contributed by atoms with Crippen LogP contribution in [0.5, 0.6) is 0 Å². The molecular weight excluding hydrogens is 224 g/mol. The van der Waals surface area contributed by atoms with Gasteiger partial charge in [0, 0.05) is 12.2 Å². The molecule has 1 unspecified atom stereocenters. The number of carbonyl (C=O) groups is 1. The van der Waals surface area contributed by atoms with Gasteiger partial charge in [-0.05, 0) is 18.2 Å². The van der Waals surface area contributed by atoms with Gasteiger partial charge < -0.3 is 26.1 Å². The van der Waals surface area contributed by atoms with Gasteiger partial charge in [0.1, 0.15) is 6.04 Å². The Morgan fingerprint density at radius 3 is 2.82 bits per heavy atom. The second-order valence-corrected chi connectivity index (χ2v) is 3.67. The quantitative estimate of drug-likeness (QED) is 0.497. The van der Waals surface area contributed by atoms with E-state index in [1.165, 1.54) is 0 Å². The van der Waals surface area contributed by atoms with Crippen LogP contribution in [0, 0.1) is 0 Å². The smallest absolute Gasteiger partial charge is 0.323 e. The third-order valence-corrected chi connectivity index (χ3v) is 2.36. The summed E-state index contributed by atoms with van der Waals surface area (Å²) in [7, 11) is 0. The van der Waals surface area contributed by atoms with E-state index < -0.39 is 12.0 Å². The van der Waals surface area contributed by atoms with Crippen LogP contribution in [0.15, 0.2) is 23.0 Å². The molecule has 6 N–H and O–H groups in total. The van der Waals surface area contributed by atoms with Gasteiger partial charge in [-0.15, -0.1) is 0 Å². The zero-order valence-electron chi connectivity index (χ0n) is 8.86. The van der Waals surface area contributed by atoms with Gasteiger partial charge in [-0.3, -0.25) is 4.79 Å². The van der Waals surface area contributed by atoms with Crippen molar-refractivity contribution in [3.63, 3.8) is 0 Å². The van der Waals surface area contributed by atoms with E-state index in [1.807, 2.05) is 0 Å². The topological polar surface area (TPSA) is 124 Å². The zero-order valence-corrected chi connectivity index (χ0v) is 8.86. The zero-order chi connectivity index (χ0) is 12.4. The van der Waals surface area contributed by atoms with Crippen molar-refractivity contribution in [2.75, 3.05) is 11.9 Å². The van der Waals surface area contributed by atoms with E-state index in [0.29, 0.717) is 16.7 Å². The number of anilines is 1. The molecule has 17 heavy (non-hydrogen) atoms. The minimum atomic E-state index is -1.06. The molecule has 1 heterocycles. The molecule has 0 saturated carbocycles. The maximum atomic E-state index is 11.0. The first-order valence-electron chi connectivity index (χ1n) is 5.00. The SMILES string of the molecule is NC(CNc1ccc2[nH]c(=O)[nH]c2c1)C(=O)O. The summed E-state index contributed by atoms with van der Waals surface area (Å²) in [6, 6.07) is 4.21. The van der Waals surface area contributed by atoms with Crippen LogP contribution in [0.4, 0.5) is 5.69 Å². The highest BCUT2D eigenvalue weighted by Crippen LogP contribution is 2.14. The third kappa shape index (κ3) is 2.45. The lowest BCUT2D eigenvalue weighted by Gasteiger charge is -2.09. The van der Waals surface area contributed by atoms with Crippen LogP contribution in [-0.2, 0) is 4.79 Å². The molecule has 0 radical (unpaired) electrons. The maximum Gasteiger partial charge on any atom is 0.323 e. The van der Waals surface area contributed by atoms with Gasteiger partial charge in [0.15, 0.2) is 0 Å². The summed E-state index contributed by atoms with van der Waals surface area (Å²) in [6.07, 6.45) is 0. The predicted octanol–water partition coefficient (Wildman–Crippen LogP) is -0.320. The molecule has 7 heteroatoms. The van der Waals surface area contributed by atoms with Gasteiger partial charge in [0.25, 0.3) is 0 Å². The Morgan fingerprint density at radius 1 is 1.41 bits per heavy atom. The minimum Gasteiger partial charge on any atom is -0.480 e. The molecule has 7 nitrogen and oxygen atoms in total. The van der Waals surface area contributed by atoms with Crippen LogP contribution in [0.1, 0.15) is 0 Å². The molecule has 2 aromatic rings. The average Bonchev–Trinajstić information content (AvgIpc) is 2.64. The fourth-order valence-electron chi connectivity index (χ4n) is 1.46. The molecule has 90 valence electrons. The Hall–Kier alpha value is -2.28. The van der Waals surface area contributed by atoms with Crippen LogP contribution >= 0.6 is 0 Å². The largest absolute Gasteiger partial charge is 0.480 e. The van der Waals surface area contributed by atoms with Crippen molar-refractivity contribution >= 4 is 22.7 Å². The van der Waals surface area contributed by atoms with E-state index in [9.17, 15) is 9.59 Å². The summed E-state index contributed by atoms with van der Waals surface area (Å²) in [5, 5.41) is 11.5. The number of imidazole rings is 1. The second-order valence-electron chi connectivity index (χ2n) is 3.67. The molecule has 0 aliphatic heterocycles. The van der Waals surface area contributed by atoms with E-state index in [2.05, 4.69) is 15.3 Å². The van der Waals surface area contributed by atoms with Crippen molar-refractivity contribution in [3.05, 3.63) is 28.7 Å². The highest BCUT2D eigenvalue weighted by molar-refractivity contribution is 5.79. The molecule has 0 amide bonds. The summed E-state index contributed by atoms with van der Waals surface area (Å²) in [5.41, 5.74) is 7.13. The van der Waals surface area contributed by atoms with Crippen molar-refractivity contribution in [1.29, 1.82) is 0 Å². The number of H-pyrrole nitrogens is 2. The van der Waals surface area contributed by atoms with Crippen molar-refractivity contribution < 1.29 is 9.90 Å². The van der Waals surface area contributed by atoms with E-state index in [4.69, 9.17) is 10.8 Å². The van der Waals surface area contributed by atoms with Gasteiger partial charge in [-0.2, -0.15) is 0 Å². The van der Waals surface area contributed by atoms with Crippen LogP contribution in [-0.4, -0.2) is 33.6 Å². The Kier molecular flexibility index (Phi) is 2.84. The van der Waals surface area contributed by atoms with Crippen molar-refractivity contribution in [2.24, 2.45) is 5.73 Å². The molecular formula is C10H12N4O3. The number of hydrogen-bond acceptors (Lipinski definition) is 4. The van der Waals surface area contributed by atoms with Crippen molar-refractivity contribution in [2.45, 2.75) is 6.04 Å². The molecule has 0 saturated heterocycles. The van der Waals surface area contributed by atoms with Crippen molar-refractivity contribution in [1.82, 2.24) is 9.97 Å². The Bertz CT molecular complexity index is 601. The molecule has 2 rings (SSSR count). The number of fused-ring (bicyclic) bond motifs is 1. The van der Waals surface area contributed by atoms with Gasteiger partial charge in [-0.1, -0.05) is 0 Å². The fraction of sp³-hybridized carbons (Fsp3) is 0.200. The number of carboxylic acid groups (broad SMARTS) is 1. The lowest BCUT2D eigenvalue weighted by atomic mass is 10.2. The number of nitrogens with two attached hydrogens (primary N) is 1. The number of rotatable bonds is 4. The van der Waals surface area contributed by atoms with E-state index in [1.54, 1.807) is 18.2 Å². The van der Waals surface area contributed by atoms with Gasteiger partial charge in [0.2, 0.25) is 0 Å². The lowest BCUT2D eigenvalue weighted by Crippen LogP contribution is -2.36. The monoisotopic (exact) mass is 236 g/mol. The van der Waals surface area contributed by atoms with E-state index in [0.717, 1.165) is 0 Å². The highest BCUT2D eigenvalue weighted by atomic mass is 16.4. The Morgan fingerprint density at radius 2 is 2.12 bits per heavy atom. The summed E-state index contributed by atoms with van der Waals surface area (Å²) in [6.45, 7) is 0.121. The lowest BCUT2D eigenvalue weighted by molar-refractivity contribution is -0.138. The van der Waals surface area contributed by atoms with Crippen LogP contribution in [0.25, 0.3) is 11.0 Å². The number of carboxylic acids is 1. The third-order valence-electron chi connectivity index (χ3n) is 2.36. The van der Waals surface area contributed by atoms with Crippen molar-refractivity contribution in [3.8, 4) is 0 Å². The van der Waals surface area contributed by atoms with E-state index in [-0.39, 0.29) is 12.2 Å². The summed E-state index contributed by atoms with van der Waals surface area (Å²) in [5.74, 6) is -1.06. The minimum absolute atomic E-state index is 0.121. The first-order chi connectivity index (χ1) is 8.06. The molecule has 1 atom stereocenters. The normalized spacial score (nSPS) is 12.5. The number of hydrogen-bond donors (Lipinski definition) is 5. The molecule has 0 spiro atoms. The van der Waals surface area contributed by atoms with Gasteiger partial charge >= 0.3 is 11.7 Å². The molecule has 0 aliphatic rings. The molecule has 0 fully saturated rings. The maximum absolute atomic E-state index is 11.0. The first kappa shape index (κ1) is 11.2. The standard InChI is InChI=1S/C10H12N4O3/c11-6(9(15)16)4-12-5-1-2-7-8(3-5)14-10(17)13-7/h1-3,6,12H,4,11H2,(H,15,16)(H2,13,14,17). The Labute approximate surface area is 95.6 Å². The number of nitrogens with one attached hydrogen (secondary N) is 3. The van der Waals surface area contributed by atoms with Crippen LogP contribution in [0.3, 0.4) is 0 Å². The number of aliphatic carboxylic acids is 1. The number of aromatic amines is 2. The second kappa shape index (κ2) is 4.30. The van der Waals surface area contributed by atoms with E-state index >= 15 is 0 Å². The first-order valence-corrected chi connectivity index (χ1v) is 5.00. The Balaban J connectivity index is 2.14. The average molecular weight is 236 g/mol. The van der Waals surface area contributed by atoms with Crippen LogP contribution < -0.4 is 16.7 Å². The summed E-state index contributed by atoms with van der Waals surface area (Å²) in [4.78, 5) is 26.8. The van der Waals surface area contributed by atoms with Gasteiger partial charge in [0.05, 0.1) is 11.0 Å². The fourth-order valence-corrected chi connectivity index (χ4v) is 1.46. The molecule has 1 aromatic heterocycles.